The molecule has 0 saturated heterocycles. The molecule has 0 aliphatic heterocycles. The van der Waals surface area contributed by atoms with E-state index in [1.54, 1.807) is 0 Å². The maximum atomic E-state index is 3.90. The summed E-state index contributed by atoms with van der Waals surface area (Å²) < 4.78 is 0. The molecule has 3 aromatic rings. The molecule has 0 spiro atoms. The van der Waals surface area contributed by atoms with Crippen molar-refractivity contribution in [3.63, 3.8) is 0 Å². The molecular formula is C20H20BrP. The van der Waals surface area contributed by atoms with Crippen molar-refractivity contribution in [1.29, 1.82) is 0 Å². The molecule has 0 N–H and O–H groups in total. The fourth-order valence-corrected chi connectivity index (χ4v) is 10.0. The molecule has 0 amide bonds. The molecule has 3 rings (SSSR count). The summed E-state index contributed by atoms with van der Waals surface area (Å²) in [4.78, 5) is 0. The van der Waals surface area contributed by atoms with E-state index in [0.717, 1.165) is 5.07 Å². The zero-order chi connectivity index (χ0) is 15.5. The first-order valence-corrected chi connectivity index (χ1v) is 11.4. The van der Waals surface area contributed by atoms with Crippen molar-refractivity contribution in [2.75, 3.05) is 11.7 Å². The average Bonchev–Trinajstić information content (AvgIpc) is 2.63. The van der Waals surface area contributed by atoms with Crippen molar-refractivity contribution in [3.8, 4) is 0 Å². The molecule has 0 heterocycles. The Balaban J connectivity index is 2.41. The summed E-state index contributed by atoms with van der Waals surface area (Å²) in [5, 5.41) is 5.20. The average molecular weight is 371 g/mol. The zero-order valence-electron chi connectivity index (χ0n) is 12.7. The molecule has 0 unspecified atom stereocenters. The SMILES string of the molecule is CP(CBr)(c1ccccc1)(c1ccccc1)c1ccccc1. The number of benzene rings is 3. The van der Waals surface area contributed by atoms with Gasteiger partial charge >= 0.3 is 141 Å². The van der Waals surface area contributed by atoms with E-state index in [0.29, 0.717) is 0 Å². The van der Waals surface area contributed by atoms with Crippen LogP contribution in [0.3, 0.4) is 0 Å². The molecule has 0 aliphatic rings. The molecule has 0 bridgehead atoms. The quantitative estimate of drug-likeness (QED) is 0.468. The second kappa shape index (κ2) is 5.99. The van der Waals surface area contributed by atoms with Crippen LogP contribution in [0.1, 0.15) is 0 Å². The molecule has 0 fully saturated rings. The number of rotatable bonds is 4. The van der Waals surface area contributed by atoms with Crippen molar-refractivity contribution in [1.82, 2.24) is 0 Å². The van der Waals surface area contributed by atoms with Gasteiger partial charge in [0.1, 0.15) is 0 Å². The maximum absolute atomic E-state index is 3.90. The van der Waals surface area contributed by atoms with Gasteiger partial charge in [0.15, 0.2) is 0 Å². The summed E-state index contributed by atoms with van der Waals surface area (Å²) in [6.45, 7) is -0.0250. The molecule has 0 saturated carbocycles. The van der Waals surface area contributed by atoms with E-state index in [4.69, 9.17) is 0 Å². The van der Waals surface area contributed by atoms with Gasteiger partial charge in [-0.25, -0.2) is 0 Å². The van der Waals surface area contributed by atoms with Gasteiger partial charge in [-0.3, -0.25) is 0 Å². The minimum absolute atomic E-state index is 0.941. The van der Waals surface area contributed by atoms with E-state index in [1.807, 2.05) is 0 Å². The summed E-state index contributed by atoms with van der Waals surface area (Å²) in [6.07, 6.45) is 0. The van der Waals surface area contributed by atoms with Crippen LogP contribution in [-0.4, -0.2) is 11.7 Å². The van der Waals surface area contributed by atoms with E-state index in [2.05, 4.69) is 114 Å². The summed E-state index contributed by atoms with van der Waals surface area (Å²) in [5.41, 5.74) is 0. The van der Waals surface area contributed by atoms with Crippen LogP contribution in [-0.2, 0) is 0 Å². The number of hydrogen-bond donors (Lipinski definition) is 0. The Kier molecular flexibility index (Phi) is 4.21. The summed E-state index contributed by atoms with van der Waals surface area (Å²) in [5.74, 6) is 0. The van der Waals surface area contributed by atoms with Gasteiger partial charge in [0, 0.05) is 0 Å². The Hall–Kier alpha value is -1.43. The molecule has 0 aliphatic carbocycles. The Morgan fingerprint density at radius 2 is 0.864 bits per heavy atom. The topological polar surface area (TPSA) is 0 Å². The van der Waals surface area contributed by atoms with Crippen LogP contribution >= 0.6 is 22.5 Å². The number of alkyl halides is 1. The van der Waals surface area contributed by atoms with Gasteiger partial charge in [-0.15, -0.1) is 0 Å². The normalized spacial score (nSPS) is 13.3. The van der Waals surface area contributed by atoms with Crippen LogP contribution in [0.2, 0.25) is 0 Å². The molecule has 0 aromatic heterocycles. The summed E-state index contributed by atoms with van der Waals surface area (Å²) in [7, 11) is 0. The van der Waals surface area contributed by atoms with Crippen molar-refractivity contribution in [2.45, 2.75) is 0 Å². The van der Waals surface area contributed by atoms with Gasteiger partial charge in [-0.05, 0) is 0 Å². The van der Waals surface area contributed by atoms with Gasteiger partial charge in [0.2, 0.25) is 0 Å². The van der Waals surface area contributed by atoms with E-state index in [1.165, 1.54) is 15.9 Å². The van der Waals surface area contributed by atoms with E-state index in [-0.39, 0.29) is 0 Å². The second-order valence-electron chi connectivity index (χ2n) is 5.92. The fourth-order valence-electron chi connectivity index (χ4n) is 3.15. The van der Waals surface area contributed by atoms with Gasteiger partial charge in [-0.2, -0.15) is 0 Å². The Labute approximate surface area is 141 Å². The third-order valence-corrected chi connectivity index (χ3v) is 14.1. The Bertz CT molecular complexity index is 639. The van der Waals surface area contributed by atoms with Crippen molar-refractivity contribution in [2.24, 2.45) is 0 Å². The Morgan fingerprint density at radius 1 is 0.591 bits per heavy atom. The van der Waals surface area contributed by atoms with Gasteiger partial charge in [0.25, 0.3) is 0 Å². The first-order chi connectivity index (χ1) is 10.7. The van der Waals surface area contributed by atoms with E-state index in [9.17, 15) is 0 Å². The number of halogens is 1. The zero-order valence-corrected chi connectivity index (χ0v) is 15.2. The summed E-state index contributed by atoms with van der Waals surface area (Å²) >= 11 is 3.90. The van der Waals surface area contributed by atoms with Crippen LogP contribution in [0.15, 0.2) is 91.0 Å². The van der Waals surface area contributed by atoms with Crippen molar-refractivity contribution in [3.05, 3.63) is 91.0 Å². The third-order valence-electron chi connectivity index (χ3n) is 4.66. The molecule has 0 atom stereocenters. The predicted molar refractivity (Wildman–Crippen MR) is 105 cm³/mol. The van der Waals surface area contributed by atoms with Gasteiger partial charge in [0.05, 0.1) is 0 Å². The van der Waals surface area contributed by atoms with Crippen LogP contribution in [0.25, 0.3) is 0 Å². The standard InChI is InChI=1S/C20H20BrP/c1-22(17-21,18-11-5-2-6-12-18,19-13-7-3-8-14-19)20-15-9-4-10-16-20/h2-16H,17H2,1H3. The molecule has 3 aromatic carbocycles. The third kappa shape index (κ3) is 2.24. The van der Waals surface area contributed by atoms with Gasteiger partial charge < -0.3 is 0 Å². The van der Waals surface area contributed by atoms with Crippen LogP contribution < -0.4 is 15.9 Å². The molecule has 112 valence electrons. The summed E-state index contributed by atoms with van der Waals surface area (Å²) in [6, 6.07) is 32.8. The Morgan fingerprint density at radius 3 is 1.09 bits per heavy atom. The van der Waals surface area contributed by atoms with Crippen LogP contribution in [0.4, 0.5) is 0 Å². The molecule has 2 heteroatoms. The van der Waals surface area contributed by atoms with Gasteiger partial charge in [-0.1, -0.05) is 0 Å². The van der Waals surface area contributed by atoms with Crippen molar-refractivity contribution >= 4 is 38.4 Å². The van der Waals surface area contributed by atoms with Crippen LogP contribution in [0, 0.1) is 0 Å². The molecule has 0 nitrogen and oxygen atoms in total. The predicted octanol–water partition coefficient (Wildman–Crippen LogP) is 4.50. The second-order valence-corrected chi connectivity index (χ2v) is 12.8. The molecule has 22 heavy (non-hydrogen) atoms. The monoisotopic (exact) mass is 370 g/mol. The van der Waals surface area contributed by atoms with E-state index < -0.39 is 6.60 Å². The minimum atomic E-state index is -2.48. The van der Waals surface area contributed by atoms with Crippen molar-refractivity contribution < 1.29 is 0 Å². The first-order valence-electron chi connectivity index (χ1n) is 7.43. The molecule has 0 radical (unpaired) electrons. The number of hydrogen-bond acceptors (Lipinski definition) is 0. The first kappa shape index (κ1) is 15.5. The molecular weight excluding hydrogens is 351 g/mol. The van der Waals surface area contributed by atoms with E-state index >= 15 is 0 Å². The fraction of sp³-hybridized carbons (Fsp3) is 0.100. The van der Waals surface area contributed by atoms with Crippen LogP contribution in [0.5, 0.6) is 0 Å².